The van der Waals surface area contributed by atoms with Crippen LogP contribution in [-0.2, 0) is 0 Å². The summed E-state index contributed by atoms with van der Waals surface area (Å²) in [5, 5.41) is 11.3. The van der Waals surface area contributed by atoms with Gasteiger partial charge < -0.3 is 10.3 Å². The van der Waals surface area contributed by atoms with E-state index in [-0.39, 0.29) is 11.0 Å². The summed E-state index contributed by atoms with van der Waals surface area (Å²) in [6, 6.07) is 2.71. The lowest BCUT2D eigenvalue weighted by Crippen LogP contribution is -2.36. The number of hydrogen-bond donors (Lipinski definition) is 2. The van der Waals surface area contributed by atoms with E-state index in [1.807, 2.05) is 13.0 Å². The van der Waals surface area contributed by atoms with Crippen LogP contribution in [0.15, 0.2) is 23.3 Å². The summed E-state index contributed by atoms with van der Waals surface area (Å²) in [7, 11) is 0. The van der Waals surface area contributed by atoms with Gasteiger partial charge in [0.15, 0.2) is 5.43 Å². The van der Waals surface area contributed by atoms with Crippen molar-refractivity contribution in [1.82, 2.24) is 10.3 Å². The molecule has 1 atom stereocenters. The Hall–Kier alpha value is -2.09. The number of aromatic nitrogens is 1. The fourth-order valence-corrected chi connectivity index (χ4v) is 1.29. The molecule has 0 aliphatic heterocycles. The van der Waals surface area contributed by atoms with Gasteiger partial charge in [-0.25, -0.2) is 0 Å². The molecular weight excluding hydrogens is 206 g/mol. The van der Waals surface area contributed by atoms with E-state index in [0.717, 1.165) is 6.42 Å². The van der Waals surface area contributed by atoms with Gasteiger partial charge in [0.25, 0.3) is 5.91 Å². The lowest BCUT2D eigenvalue weighted by Gasteiger charge is -2.09. The molecule has 0 aliphatic carbocycles. The van der Waals surface area contributed by atoms with Crippen LogP contribution in [0.3, 0.4) is 0 Å². The Kier molecular flexibility index (Phi) is 4.28. The summed E-state index contributed by atoms with van der Waals surface area (Å²) in [6.07, 6.45) is 4.15. The van der Waals surface area contributed by atoms with Crippen molar-refractivity contribution in [3.05, 3.63) is 34.2 Å². The standard InChI is InChI=1S/C11H13N3O2/c1-2-3-8(6-12)14-11(16)9-7-13-5-4-10(9)15/h4-5,7-8H,2-3H2,1H3,(H,13,15)(H,14,16). The lowest BCUT2D eigenvalue weighted by molar-refractivity contribution is 0.0942. The number of H-pyrrole nitrogens is 1. The third-order valence-corrected chi connectivity index (χ3v) is 2.11. The highest BCUT2D eigenvalue weighted by molar-refractivity contribution is 5.94. The Balaban J connectivity index is 2.77. The summed E-state index contributed by atoms with van der Waals surface area (Å²) >= 11 is 0. The van der Waals surface area contributed by atoms with Crippen LogP contribution in [0.25, 0.3) is 0 Å². The number of pyridine rings is 1. The van der Waals surface area contributed by atoms with Gasteiger partial charge in [0.05, 0.1) is 6.07 Å². The molecule has 1 aromatic rings. The van der Waals surface area contributed by atoms with Gasteiger partial charge >= 0.3 is 0 Å². The number of amides is 1. The first-order valence-electron chi connectivity index (χ1n) is 5.06. The number of aromatic amines is 1. The second kappa shape index (κ2) is 5.71. The molecular formula is C11H13N3O2. The van der Waals surface area contributed by atoms with Crippen LogP contribution in [0.5, 0.6) is 0 Å². The summed E-state index contributed by atoms with van der Waals surface area (Å²) in [4.78, 5) is 25.6. The van der Waals surface area contributed by atoms with Crippen LogP contribution < -0.4 is 10.7 Å². The van der Waals surface area contributed by atoms with Crippen LogP contribution in [-0.4, -0.2) is 16.9 Å². The number of rotatable bonds is 4. The topological polar surface area (TPSA) is 85.8 Å². The van der Waals surface area contributed by atoms with E-state index >= 15 is 0 Å². The molecule has 1 heterocycles. The third kappa shape index (κ3) is 2.95. The maximum Gasteiger partial charge on any atom is 0.257 e. The van der Waals surface area contributed by atoms with Gasteiger partial charge in [-0.15, -0.1) is 0 Å². The molecule has 0 radical (unpaired) electrons. The first-order valence-corrected chi connectivity index (χ1v) is 5.06. The zero-order valence-electron chi connectivity index (χ0n) is 8.99. The Morgan fingerprint density at radius 1 is 1.69 bits per heavy atom. The van der Waals surface area contributed by atoms with E-state index in [4.69, 9.17) is 5.26 Å². The molecule has 0 fully saturated rings. The lowest BCUT2D eigenvalue weighted by atomic mass is 10.1. The van der Waals surface area contributed by atoms with Crippen molar-refractivity contribution < 1.29 is 4.79 Å². The van der Waals surface area contributed by atoms with Crippen LogP contribution in [0.4, 0.5) is 0 Å². The predicted octanol–water partition coefficient (Wildman–Crippen LogP) is 0.797. The molecule has 1 rings (SSSR count). The molecule has 0 saturated heterocycles. The second-order valence-corrected chi connectivity index (χ2v) is 3.37. The molecule has 0 saturated carbocycles. The zero-order valence-corrected chi connectivity index (χ0v) is 8.99. The fraction of sp³-hybridized carbons (Fsp3) is 0.364. The van der Waals surface area contributed by atoms with Crippen LogP contribution in [0.1, 0.15) is 30.1 Å². The van der Waals surface area contributed by atoms with Crippen molar-refractivity contribution in [3.8, 4) is 6.07 Å². The van der Waals surface area contributed by atoms with Crippen molar-refractivity contribution in [2.75, 3.05) is 0 Å². The largest absolute Gasteiger partial charge is 0.367 e. The number of carbonyl (C=O) groups excluding carboxylic acids is 1. The molecule has 16 heavy (non-hydrogen) atoms. The molecule has 5 heteroatoms. The van der Waals surface area contributed by atoms with Crippen molar-refractivity contribution in [3.63, 3.8) is 0 Å². The van der Waals surface area contributed by atoms with E-state index in [2.05, 4.69) is 10.3 Å². The minimum absolute atomic E-state index is 0.0267. The van der Waals surface area contributed by atoms with Crippen molar-refractivity contribution in [1.29, 1.82) is 5.26 Å². The summed E-state index contributed by atoms with van der Waals surface area (Å²) in [6.45, 7) is 1.92. The van der Waals surface area contributed by atoms with E-state index in [1.54, 1.807) is 0 Å². The number of nitrogens with one attached hydrogen (secondary N) is 2. The Morgan fingerprint density at radius 2 is 2.44 bits per heavy atom. The summed E-state index contributed by atoms with van der Waals surface area (Å²) in [5.74, 6) is -0.512. The predicted molar refractivity (Wildman–Crippen MR) is 58.8 cm³/mol. The minimum Gasteiger partial charge on any atom is -0.367 e. The normalized spacial score (nSPS) is 11.5. The van der Waals surface area contributed by atoms with E-state index in [1.165, 1.54) is 18.5 Å². The highest BCUT2D eigenvalue weighted by Crippen LogP contribution is 1.97. The van der Waals surface area contributed by atoms with Gasteiger partial charge in [-0.2, -0.15) is 5.26 Å². The molecule has 5 nitrogen and oxygen atoms in total. The van der Waals surface area contributed by atoms with Crippen LogP contribution >= 0.6 is 0 Å². The van der Waals surface area contributed by atoms with Gasteiger partial charge in [0.1, 0.15) is 11.6 Å². The zero-order chi connectivity index (χ0) is 12.0. The molecule has 0 spiro atoms. The quantitative estimate of drug-likeness (QED) is 0.785. The Morgan fingerprint density at radius 3 is 3.00 bits per heavy atom. The van der Waals surface area contributed by atoms with E-state index < -0.39 is 11.9 Å². The van der Waals surface area contributed by atoms with Gasteiger partial charge in [0, 0.05) is 18.5 Å². The molecule has 1 amide bonds. The van der Waals surface area contributed by atoms with Gasteiger partial charge in [-0.05, 0) is 6.42 Å². The third-order valence-electron chi connectivity index (χ3n) is 2.11. The number of hydrogen-bond acceptors (Lipinski definition) is 3. The molecule has 0 aromatic carbocycles. The van der Waals surface area contributed by atoms with Gasteiger partial charge in [-0.3, -0.25) is 9.59 Å². The van der Waals surface area contributed by atoms with Gasteiger partial charge in [0.2, 0.25) is 0 Å². The Labute approximate surface area is 93.1 Å². The van der Waals surface area contributed by atoms with Crippen LogP contribution in [0.2, 0.25) is 0 Å². The smallest absolute Gasteiger partial charge is 0.257 e. The van der Waals surface area contributed by atoms with Crippen molar-refractivity contribution in [2.45, 2.75) is 25.8 Å². The number of nitriles is 1. The van der Waals surface area contributed by atoms with E-state index in [9.17, 15) is 9.59 Å². The van der Waals surface area contributed by atoms with Crippen LogP contribution in [0, 0.1) is 11.3 Å². The fourth-order valence-electron chi connectivity index (χ4n) is 1.29. The molecule has 0 aliphatic rings. The monoisotopic (exact) mass is 219 g/mol. The first kappa shape index (κ1) is 12.0. The number of nitrogens with zero attached hydrogens (tertiary/aromatic N) is 1. The number of carbonyl (C=O) groups is 1. The average Bonchev–Trinajstić information content (AvgIpc) is 2.28. The van der Waals surface area contributed by atoms with Crippen molar-refractivity contribution in [2.24, 2.45) is 0 Å². The van der Waals surface area contributed by atoms with Crippen molar-refractivity contribution >= 4 is 5.91 Å². The highest BCUT2D eigenvalue weighted by Gasteiger charge is 2.14. The van der Waals surface area contributed by atoms with Gasteiger partial charge in [-0.1, -0.05) is 13.3 Å². The molecule has 84 valence electrons. The average molecular weight is 219 g/mol. The Bertz CT molecular complexity index is 459. The van der Waals surface area contributed by atoms with E-state index in [0.29, 0.717) is 6.42 Å². The molecule has 1 aromatic heterocycles. The highest BCUT2D eigenvalue weighted by atomic mass is 16.2. The molecule has 2 N–H and O–H groups in total. The molecule has 0 bridgehead atoms. The maximum absolute atomic E-state index is 11.6. The maximum atomic E-state index is 11.6. The molecule has 1 unspecified atom stereocenters. The summed E-state index contributed by atoms with van der Waals surface area (Å²) in [5.41, 5.74) is -0.330. The minimum atomic E-state index is -0.544. The SMILES string of the molecule is CCCC(C#N)NC(=O)c1c[nH]ccc1=O. The summed E-state index contributed by atoms with van der Waals surface area (Å²) < 4.78 is 0. The first-order chi connectivity index (χ1) is 7.69. The second-order valence-electron chi connectivity index (χ2n) is 3.37.